The summed E-state index contributed by atoms with van der Waals surface area (Å²) in [5.74, 6) is -0.293. The van der Waals surface area contributed by atoms with E-state index in [-0.39, 0.29) is 11.8 Å². The van der Waals surface area contributed by atoms with Gasteiger partial charge in [-0.15, -0.1) is 0 Å². The quantitative estimate of drug-likeness (QED) is 0.378. The molecule has 0 spiro atoms. The Bertz CT molecular complexity index is 441. The summed E-state index contributed by atoms with van der Waals surface area (Å²) in [6.45, 7) is 0.517. The molecule has 5 heteroatoms. The summed E-state index contributed by atoms with van der Waals surface area (Å²) in [6, 6.07) is 7.04. The van der Waals surface area contributed by atoms with Crippen LogP contribution >= 0.6 is 45.2 Å². The highest BCUT2D eigenvalue weighted by Gasteiger charge is 2.35. The highest BCUT2D eigenvalue weighted by atomic mass is 127. The van der Waals surface area contributed by atoms with Gasteiger partial charge < -0.3 is 0 Å². The second kappa shape index (κ2) is 6.31. The van der Waals surface area contributed by atoms with E-state index in [1.54, 1.807) is 24.3 Å². The van der Waals surface area contributed by atoms with E-state index >= 15 is 0 Å². The lowest BCUT2D eigenvalue weighted by Crippen LogP contribution is -2.34. The van der Waals surface area contributed by atoms with Crippen LogP contribution < -0.4 is 0 Å². The minimum absolute atomic E-state index is 0.147. The molecular formula is C13H13I2NO2. The van der Waals surface area contributed by atoms with E-state index < -0.39 is 0 Å². The van der Waals surface area contributed by atoms with Gasteiger partial charge in [-0.1, -0.05) is 57.3 Å². The van der Waals surface area contributed by atoms with Crippen molar-refractivity contribution in [3.05, 3.63) is 35.4 Å². The number of halogens is 2. The second-order valence-electron chi connectivity index (χ2n) is 4.19. The molecule has 0 bridgehead atoms. The number of rotatable bonds is 5. The van der Waals surface area contributed by atoms with E-state index in [0.717, 1.165) is 17.3 Å². The van der Waals surface area contributed by atoms with Crippen molar-refractivity contribution in [3.8, 4) is 0 Å². The lowest BCUT2D eigenvalue weighted by molar-refractivity contribution is 0.0655. The van der Waals surface area contributed by atoms with Crippen molar-refractivity contribution >= 4 is 57.0 Å². The van der Waals surface area contributed by atoms with E-state index in [1.165, 1.54) is 4.90 Å². The Labute approximate surface area is 134 Å². The van der Waals surface area contributed by atoms with Crippen molar-refractivity contribution in [1.29, 1.82) is 0 Å². The third kappa shape index (κ3) is 2.87. The minimum Gasteiger partial charge on any atom is -0.273 e. The zero-order valence-corrected chi connectivity index (χ0v) is 14.0. The number of fused-ring (bicyclic) bond motifs is 1. The first kappa shape index (κ1) is 14.2. The van der Waals surface area contributed by atoms with Gasteiger partial charge >= 0.3 is 0 Å². The highest BCUT2D eigenvalue weighted by Crippen LogP contribution is 2.24. The van der Waals surface area contributed by atoms with Crippen molar-refractivity contribution in [3.63, 3.8) is 0 Å². The Morgan fingerprint density at radius 2 is 1.67 bits per heavy atom. The third-order valence-electron chi connectivity index (χ3n) is 2.91. The number of carbonyl (C=O) groups excluding carboxylic acids is 2. The number of amides is 2. The lowest BCUT2D eigenvalue weighted by Gasteiger charge is -2.17. The van der Waals surface area contributed by atoms with Gasteiger partial charge in [0, 0.05) is 10.5 Å². The molecule has 1 aromatic rings. The molecule has 96 valence electrons. The van der Waals surface area contributed by atoms with Crippen molar-refractivity contribution in [1.82, 2.24) is 4.90 Å². The van der Waals surface area contributed by atoms with Gasteiger partial charge in [0.05, 0.1) is 11.1 Å². The Hall–Kier alpha value is -0.180. The van der Waals surface area contributed by atoms with Gasteiger partial charge in [-0.05, 0) is 29.4 Å². The van der Waals surface area contributed by atoms with Crippen LogP contribution in [0.5, 0.6) is 0 Å². The van der Waals surface area contributed by atoms with Crippen LogP contribution in [0.3, 0.4) is 0 Å². The Morgan fingerprint density at radius 3 is 2.17 bits per heavy atom. The topological polar surface area (TPSA) is 37.4 Å². The zero-order valence-electron chi connectivity index (χ0n) is 9.73. The van der Waals surface area contributed by atoms with Crippen LogP contribution in [-0.4, -0.2) is 31.6 Å². The van der Waals surface area contributed by atoms with Crippen molar-refractivity contribution in [2.24, 2.45) is 0 Å². The number of carbonyl (C=O) groups is 2. The zero-order chi connectivity index (χ0) is 13.1. The molecule has 0 saturated heterocycles. The molecule has 2 amide bonds. The Balaban J connectivity index is 2.09. The molecule has 0 aliphatic carbocycles. The van der Waals surface area contributed by atoms with E-state index in [4.69, 9.17) is 0 Å². The maximum atomic E-state index is 12.1. The van der Waals surface area contributed by atoms with Gasteiger partial charge in [-0.25, -0.2) is 0 Å². The summed E-state index contributed by atoms with van der Waals surface area (Å²) in [5.41, 5.74) is 1.08. The van der Waals surface area contributed by atoms with Crippen molar-refractivity contribution in [2.75, 3.05) is 11.0 Å². The molecule has 1 atom stereocenters. The molecule has 0 saturated carbocycles. The Morgan fingerprint density at radius 1 is 1.11 bits per heavy atom. The van der Waals surface area contributed by atoms with E-state index in [0.29, 0.717) is 21.6 Å². The fourth-order valence-electron chi connectivity index (χ4n) is 1.99. The van der Waals surface area contributed by atoms with Crippen LogP contribution in [0.4, 0.5) is 0 Å². The first-order valence-corrected chi connectivity index (χ1v) is 8.57. The summed E-state index contributed by atoms with van der Waals surface area (Å²) >= 11 is 4.67. The molecule has 0 N–H and O–H groups in total. The lowest BCUT2D eigenvalue weighted by atomic mass is 10.1. The number of alkyl halides is 2. The normalized spacial score (nSPS) is 16.0. The average molecular weight is 469 g/mol. The first-order valence-electron chi connectivity index (χ1n) is 5.80. The fourth-order valence-corrected chi connectivity index (χ4v) is 3.27. The average Bonchev–Trinajstić information content (AvgIpc) is 2.62. The summed E-state index contributed by atoms with van der Waals surface area (Å²) in [5, 5.41) is 0. The smallest absolute Gasteiger partial charge is 0.261 e. The second-order valence-corrected chi connectivity index (χ2v) is 7.04. The van der Waals surface area contributed by atoms with Crippen LogP contribution in [0.15, 0.2) is 24.3 Å². The van der Waals surface area contributed by atoms with Gasteiger partial charge in [-0.2, -0.15) is 0 Å². The summed E-state index contributed by atoms with van der Waals surface area (Å²) in [6.07, 6.45) is 2.16. The molecule has 1 aliphatic rings. The maximum absolute atomic E-state index is 12.1. The van der Waals surface area contributed by atoms with Crippen molar-refractivity contribution < 1.29 is 9.59 Å². The largest absolute Gasteiger partial charge is 0.273 e. The molecular weight excluding hydrogens is 456 g/mol. The number of hydrogen-bond donors (Lipinski definition) is 0. The van der Waals surface area contributed by atoms with Gasteiger partial charge in [0.1, 0.15) is 0 Å². The molecule has 2 rings (SSSR count). The molecule has 1 heterocycles. The Kier molecular flexibility index (Phi) is 4.99. The van der Waals surface area contributed by atoms with Crippen LogP contribution in [0, 0.1) is 0 Å². The van der Waals surface area contributed by atoms with Gasteiger partial charge in [0.25, 0.3) is 11.8 Å². The maximum Gasteiger partial charge on any atom is 0.261 e. The summed E-state index contributed by atoms with van der Waals surface area (Å²) < 4.78 is 1.44. The molecule has 0 unspecified atom stereocenters. The minimum atomic E-state index is -0.147. The molecule has 18 heavy (non-hydrogen) atoms. The molecule has 1 aromatic carbocycles. The van der Waals surface area contributed by atoms with Crippen molar-refractivity contribution in [2.45, 2.75) is 16.8 Å². The summed E-state index contributed by atoms with van der Waals surface area (Å²) in [4.78, 5) is 25.6. The van der Waals surface area contributed by atoms with Gasteiger partial charge in [0.15, 0.2) is 0 Å². The molecule has 3 nitrogen and oxygen atoms in total. The highest BCUT2D eigenvalue weighted by molar-refractivity contribution is 14.1. The fraction of sp³-hybridized carbons (Fsp3) is 0.385. The first-order chi connectivity index (χ1) is 8.65. The SMILES string of the molecule is O=C1c2ccccc2C(=O)N1C[C@@H](I)CCCI. The molecule has 0 radical (unpaired) electrons. The molecule has 0 fully saturated rings. The molecule has 1 aliphatic heterocycles. The van der Waals surface area contributed by atoms with Gasteiger partial charge in [0.2, 0.25) is 0 Å². The van der Waals surface area contributed by atoms with Crippen LogP contribution in [0.1, 0.15) is 33.6 Å². The van der Waals surface area contributed by atoms with E-state index in [2.05, 4.69) is 45.2 Å². The van der Waals surface area contributed by atoms with Crippen LogP contribution in [0.25, 0.3) is 0 Å². The van der Waals surface area contributed by atoms with Crippen LogP contribution in [-0.2, 0) is 0 Å². The van der Waals surface area contributed by atoms with E-state index in [1.807, 2.05) is 0 Å². The number of benzene rings is 1. The predicted molar refractivity (Wildman–Crippen MR) is 87.7 cm³/mol. The summed E-state index contributed by atoms with van der Waals surface area (Å²) in [7, 11) is 0. The van der Waals surface area contributed by atoms with Crippen LogP contribution in [0.2, 0.25) is 0 Å². The standard InChI is InChI=1S/C13H13I2NO2/c14-7-3-4-9(15)8-16-12(17)10-5-1-2-6-11(10)13(16)18/h1-2,5-6,9H,3-4,7-8H2/t9-/m0/s1. The molecule has 0 aromatic heterocycles. The number of hydrogen-bond acceptors (Lipinski definition) is 2. The van der Waals surface area contributed by atoms with E-state index in [9.17, 15) is 9.59 Å². The monoisotopic (exact) mass is 469 g/mol. The number of imide groups is 1. The number of nitrogens with zero attached hydrogens (tertiary/aromatic N) is 1. The van der Waals surface area contributed by atoms with Gasteiger partial charge in [-0.3, -0.25) is 14.5 Å². The third-order valence-corrected chi connectivity index (χ3v) is 4.69. The predicted octanol–water partition coefficient (Wildman–Crippen LogP) is 3.30.